The van der Waals surface area contributed by atoms with Gasteiger partial charge < -0.3 is 15.1 Å². The molecule has 3 aromatic rings. The number of benzene rings is 2. The molecule has 0 saturated carbocycles. The summed E-state index contributed by atoms with van der Waals surface area (Å²) in [6.07, 6.45) is 0.699. The average Bonchev–Trinajstić information content (AvgIpc) is 3.35. The molecule has 1 aromatic heterocycles. The number of nitrogens with one attached hydrogen (secondary N) is 1. The number of carbonyl (C=O) groups is 3. The van der Waals surface area contributed by atoms with E-state index in [1.807, 2.05) is 48.7 Å². The van der Waals surface area contributed by atoms with Gasteiger partial charge in [0.05, 0.1) is 29.2 Å². The zero-order valence-corrected chi connectivity index (χ0v) is 20.6. The molecular weight excluding hydrogens is 470 g/mol. The second-order valence-corrected chi connectivity index (χ2v) is 9.81. The molecule has 0 bridgehead atoms. The Morgan fingerprint density at radius 2 is 1.85 bits per heavy atom. The largest absolute Gasteiger partial charge is 0.336 e. The topological polar surface area (TPSA) is 69.7 Å². The van der Waals surface area contributed by atoms with Gasteiger partial charge in [0.2, 0.25) is 17.7 Å². The summed E-state index contributed by atoms with van der Waals surface area (Å²) >= 11 is 7.66. The van der Waals surface area contributed by atoms with Gasteiger partial charge in [-0.05, 0) is 49.1 Å². The molecule has 2 heterocycles. The summed E-state index contributed by atoms with van der Waals surface area (Å²) in [4.78, 5) is 43.4. The predicted octanol–water partition coefficient (Wildman–Crippen LogP) is 5.29. The van der Waals surface area contributed by atoms with Crippen molar-refractivity contribution in [1.82, 2.24) is 4.90 Å². The minimum Gasteiger partial charge on any atom is -0.336 e. The molecule has 1 saturated heterocycles. The Morgan fingerprint density at radius 1 is 1.12 bits per heavy atom. The zero-order valence-electron chi connectivity index (χ0n) is 19.0. The van der Waals surface area contributed by atoms with E-state index in [-0.39, 0.29) is 30.7 Å². The first-order valence-corrected chi connectivity index (χ1v) is 12.3. The van der Waals surface area contributed by atoms with Gasteiger partial charge in [-0.2, -0.15) is 0 Å². The van der Waals surface area contributed by atoms with E-state index in [1.54, 1.807) is 36.2 Å². The summed E-state index contributed by atoms with van der Waals surface area (Å²) in [5.74, 6) is -0.975. The Balaban J connectivity index is 1.56. The quantitative estimate of drug-likeness (QED) is 0.505. The van der Waals surface area contributed by atoms with E-state index in [4.69, 9.17) is 11.6 Å². The maximum absolute atomic E-state index is 13.6. The minimum absolute atomic E-state index is 0.00887. The van der Waals surface area contributed by atoms with Crippen LogP contribution < -0.4 is 10.2 Å². The van der Waals surface area contributed by atoms with Gasteiger partial charge in [-0.15, -0.1) is 11.3 Å². The Hall–Kier alpha value is -3.16. The van der Waals surface area contributed by atoms with Crippen molar-refractivity contribution in [3.05, 3.63) is 81.5 Å². The maximum atomic E-state index is 13.6. The number of halogens is 1. The highest BCUT2D eigenvalue weighted by Gasteiger charge is 2.43. The number of nitrogens with zero attached hydrogens (tertiary/aromatic N) is 2. The van der Waals surface area contributed by atoms with Crippen LogP contribution in [-0.4, -0.2) is 36.2 Å². The molecule has 3 amide bonds. The molecule has 1 aliphatic rings. The number of para-hydroxylation sites is 1. The molecule has 2 aromatic carbocycles. The zero-order chi connectivity index (χ0) is 24.2. The number of thiophene rings is 1. The lowest BCUT2D eigenvalue weighted by Gasteiger charge is -2.41. The third-order valence-electron chi connectivity index (χ3n) is 5.97. The molecule has 6 nitrogen and oxygen atoms in total. The van der Waals surface area contributed by atoms with Gasteiger partial charge in [0.1, 0.15) is 0 Å². The van der Waals surface area contributed by atoms with Crippen LogP contribution >= 0.6 is 22.9 Å². The average molecular weight is 496 g/mol. The van der Waals surface area contributed by atoms with Crippen molar-refractivity contribution >= 4 is 52.0 Å². The van der Waals surface area contributed by atoms with Gasteiger partial charge in [0, 0.05) is 24.0 Å². The van der Waals surface area contributed by atoms with E-state index < -0.39 is 12.0 Å². The predicted molar refractivity (Wildman–Crippen MR) is 136 cm³/mol. The minimum atomic E-state index is -0.462. The van der Waals surface area contributed by atoms with Gasteiger partial charge in [-0.1, -0.05) is 47.5 Å². The highest BCUT2D eigenvalue weighted by Crippen LogP contribution is 2.42. The molecule has 2 atom stereocenters. The standard InChI is InChI=1S/C26H26ClN3O3S/c1-17-9-11-18(12-10-17)30-24(32)14-13-19(25(30)22-8-5-15-34-22)26(33)29(2)16-23(31)28-21-7-4-3-6-20(21)27/h3-12,15,19,25H,13-14,16H2,1-2H3,(H,28,31)/t19-,25-/m0/s1. The second-order valence-electron chi connectivity index (χ2n) is 8.43. The Bertz CT molecular complexity index is 1180. The van der Waals surface area contributed by atoms with Crippen LogP contribution in [0.2, 0.25) is 5.02 Å². The van der Waals surface area contributed by atoms with Gasteiger partial charge in [0.15, 0.2) is 0 Å². The van der Waals surface area contributed by atoms with Gasteiger partial charge in [-0.25, -0.2) is 0 Å². The molecule has 34 heavy (non-hydrogen) atoms. The Labute approximate surface area is 208 Å². The highest BCUT2D eigenvalue weighted by molar-refractivity contribution is 7.10. The summed E-state index contributed by atoms with van der Waals surface area (Å²) in [5, 5.41) is 5.14. The van der Waals surface area contributed by atoms with Gasteiger partial charge in [0.25, 0.3) is 0 Å². The molecule has 1 N–H and O–H groups in total. The van der Waals surface area contributed by atoms with Crippen LogP contribution in [-0.2, 0) is 14.4 Å². The van der Waals surface area contributed by atoms with E-state index in [9.17, 15) is 14.4 Å². The van der Waals surface area contributed by atoms with Crippen molar-refractivity contribution in [2.45, 2.75) is 25.8 Å². The molecular formula is C26H26ClN3O3S. The van der Waals surface area contributed by atoms with E-state index in [0.717, 1.165) is 16.1 Å². The van der Waals surface area contributed by atoms with E-state index in [2.05, 4.69) is 5.32 Å². The number of amides is 3. The maximum Gasteiger partial charge on any atom is 0.244 e. The normalized spacial score (nSPS) is 18.0. The molecule has 0 radical (unpaired) electrons. The SMILES string of the molecule is Cc1ccc(N2C(=O)CC[C@H](C(=O)N(C)CC(=O)Nc3ccccc3Cl)[C@H]2c2cccs2)cc1. The van der Waals surface area contributed by atoms with Crippen molar-refractivity contribution < 1.29 is 14.4 Å². The fourth-order valence-electron chi connectivity index (χ4n) is 4.27. The van der Waals surface area contributed by atoms with Crippen molar-refractivity contribution in [3.63, 3.8) is 0 Å². The monoisotopic (exact) mass is 495 g/mol. The number of rotatable bonds is 6. The van der Waals surface area contributed by atoms with Crippen molar-refractivity contribution in [2.24, 2.45) is 5.92 Å². The van der Waals surface area contributed by atoms with Crippen molar-refractivity contribution in [1.29, 1.82) is 0 Å². The van der Waals surface area contributed by atoms with Crippen LogP contribution in [0.5, 0.6) is 0 Å². The molecule has 0 spiro atoms. The highest BCUT2D eigenvalue weighted by atomic mass is 35.5. The first-order chi connectivity index (χ1) is 16.3. The molecule has 4 rings (SSSR count). The number of piperidine rings is 1. The summed E-state index contributed by atoms with van der Waals surface area (Å²) in [5.41, 5.74) is 2.36. The van der Waals surface area contributed by atoms with Crippen LogP contribution in [0.25, 0.3) is 0 Å². The summed E-state index contributed by atoms with van der Waals surface area (Å²) in [7, 11) is 1.62. The number of aryl methyl sites for hydroxylation is 1. The Morgan fingerprint density at radius 3 is 2.53 bits per heavy atom. The third kappa shape index (κ3) is 5.16. The summed E-state index contributed by atoms with van der Waals surface area (Å²) in [6.45, 7) is 1.88. The molecule has 8 heteroatoms. The second kappa shape index (κ2) is 10.4. The van der Waals surface area contributed by atoms with Crippen LogP contribution in [0.15, 0.2) is 66.0 Å². The number of hydrogen-bond acceptors (Lipinski definition) is 4. The lowest BCUT2D eigenvalue weighted by molar-refractivity contribution is -0.139. The number of hydrogen-bond donors (Lipinski definition) is 1. The van der Waals surface area contributed by atoms with E-state index >= 15 is 0 Å². The van der Waals surface area contributed by atoms with E-state index in [1.165, 1.54) is 16.2 Å². The van der Waals surface area contributed by atoms with Gasteiger partial charge >= 0.3 is 0 Å². The number of anilines is 2. The first-order valence-electron chi connectivity index (χ1n) is 11.1. The molecule has 1 fully saturated rings. The fourth-order valence-corrected chi connectivity index (χ4v) is 5.34. The van der Waals surface area contributed by atoms with Gasteiger partial charge in [-0.3, -0.25) is 14.4 Å². The Kier molecular flexibility index (Phi) is 7.34. The lowest BCUT2D eigenvalue weighted by atomic mass is 9.86. The van der Waals surface area contributed by atoms with Crippen LogP contribution in [0.3, 0.4) is 0 Å². The van der Waals surface area contributed by atoms with Crippen LogP contribution in [0.4, 0.5) is 11.4 Å². The third-order valence-corrected chi connectivity index (χ3v) is 7.24. The fraction of sp³-hybridized carbons (Fsp3) is 0.269. The summed E-state index contributed by atoms with van der Waals surface area (Å²) < 4.78 is 0. The van der Waals surface area contributed by atoms with Crippen LogP contribution in [0, 0.1) is 12.8 Å². The smallest absolute Gasteiger partial charge is 0.244 e. The number of carbonyl (C=O) groups excluding carboxylic acids is 3. The van der Waals surface area contributed by atoms with Crippen molar-refractivity contribution in [2.75, 3.05) is 23.8 Å². The number of likely N-dealkylation sites (N-methyl/N-ethyl adjacent to an activating group) is 1. The molecule has 1 aliphatic heterocycles. The van der Waals surface area contributed by atoms with Crippen LogP contribution in [0.1, 0.15) is 29.3 Å². The summed E-state index contributed by atoms with van der Waals surface area (Å²) in [6, 6.07) is 18.2. The molecule has 0 unspecified atom stereocenters. The first kappa shape index (κ1) is 24.0. The lowest BCUT2D eigenvalue weighted by Crippen LogP contribution is -2.49. The van der Waals surface area contributed by atoms with Crippen molar-refractivity contribution in [3.8, 4) is 0 Å². The molecule has 176 valence electrons. The van der Waals surface area contributed by atoms with E-state index in [0.29, 0.717) is 17.1 Å². The molecule has 0 aliphatic carbocycles.